The topological polar surface area (TPSA) is 0 Å². The van der Waals surface area contributed by atoms with Crippen molar-refractivity contribution in [2.45, 2.75) is 44.8 Å². The second kappa shape index (κ2) is 2.87. The molecular formula is C8H17Si. The highest BCUT2D eigenvalue weighted by atomic mass is 28.3. The molecule has 0 unspecified atom stereocenters. The van der Waals surface area contributed by atoms with Crippen molar-refractivity contribution in [1.82, 2.24) is 0 Å². The molecule has 0 spiro atoms. The zero-order valence-corrected chi connectivity index (χ0v) is 7.61. The van der Waals surface area contributed by atoms with Gasteiger partial charge in [0.25, 0.3) is 0 Å². The standard InChI is InChI=1S/C8H17Si/c1-3-9(4-2)7-5-6-8-9/h7H,3-6,8H2,1-2H3. The van der Waals surface area contributed by atoms with E-state index in [-0.39, 0.29) is 0 Å². The van der Waals surface area contributed by atoms with Crippen molar-refractivity contribution in [2.75, 3.05) is 0 Å². The van der Waals surface area contributed by atoms with Crippen molar-refractivity contribution in [2.24, 2.45) is 0 Å². The minimum absolute atomic E-state index is 0.705. The highest BCUT2D eigenvalue weighted by molar-refractivity contribution is 6.83. The second-order valence-electron chi connectivity index (χ2n) is 3.17. The van der Waals surface area contributed by atoms with Crippen LogP contribution in [0.3, 0.4) is 0 Å². The van der Waals surface area contributed by atoms with Gasteiger partial charge in [-0.1, -0.05) is 44.8 Å². The van der Waals surface area contributed by atoms with Gasteiger partial charge in [0.15, 0.2) is 0 Å². The van der Waals surface area contributed by atoms with Gasteiger partial charge in [0, 0.05) is 0 Å². The maximum absolute atomic E-state index is 2.67. The average Bonchev–Trinajstić information content (AvgIpc) is 2.36. The van der Waals surface area contributed by atoms with Crippen LogP contribution in [0.2, 0.25) is 18.1 Å². The molecule has 0 saturated carbocycles. The van der Waals surface area contributed by atoms with Gasteiger partial charge < -0.3 is 0 Å². The Morgan fingerprint density at radius 3 is 2.22 bits per heavy atom. The van der Waals surface area contributed by atoms with Crippen molar-refractivity contribution in [1.29, 1.82) is 0 Å². The molecule has 0 aromatic carbocycles. The van der Waals surface area contributed by atoms with Crippen LogP contribution in [-0.4, -0.2) is 8.07 Å². The molecule has 0 aromatic rings. The van der Waals surface area contributed by atoms with Crippen LogP contribution in [0.15, 0.2) is 0 Å². The fraction of sp³-hybridized carbons (Fsp3) is 0.875. The van der Waals surface area contributed by atoms with Crippen LogP contribution in [0.1, 0.15) is 26.7 Å². The van der Waals surface area contributed by atoms with Crippen LogP contribution < -0.4 is 0 Å². The van der Waals surface area contributed by atoms with E-state index in [0.717, 1.165) is 0 Å². The third kappa shape index (κ3) is 1.37. The molecular weight excluding hydrogens is 124 g/mol. The lowest BCUT2D eigenvalue weighted by molar-refractivity contribution is 0.979. The molecule has 0 aromatic heterocycles. The lowest BCUT2D eigenvalue weighted by Crippen LogP contribution is -2.28. The summed E-state index contributed by atoms with van der Waals surface area (Å²) in [5.74, 6) is 0. The van der Waals surface area contributed by atoms with E-state index in [0.29, 0.717) is 0 Å². The minimum atomic E-state index is -0.705. The molecule has 1 aliphatic heterocycles. The summed E-state index contributed by atoms with van der Waals surface area (Å²) >= 11 is 0. The summed E-state index contributed by atoms with van der Waals surface area (Å²) in [6, 6.07) is 7.24. The van der Waals surface area contributed by atoms with Gasteiger partial charge >= 0.3 is 0 Å². The van der Waals surface area contributed by atoms with Gasteiger partial charge in [-0.25, -0.2) is 0 Å². The Balaban J connectivity index is 2.45. The summed E-state index contributed by atoms with van der Waals surface area (Å²) in [6.45, 7) is 4.75. The van der Waals surface area contributed by atoms with E-state index in [1.54, 1.807) is 6.04 Å². The molecule has 0 atom stereocenters. The zero-order valence-electron chi connectivity index (χ0n) is 6.61. The highest BCUT2D eigenvalue weighted by Crippen LogP contribution is 2.33. The molecule has 9 heavy (non-hydrogen) atoms. The number of hydrogen-bond acceptors (Lipinski definition) is 0. The first-order valence-corrected chi connectivity index (χ1v) is 6.87. The van der Waals surface area contributed by atoms with Crippen LogP contribution in [0.4, 0.5) is 0 Å². The van der Waals surface area contributed by atoms with Crippen LogP contribution in [0, 0.1) is 6.04 Å². The van der Waals surface area contributed by atoms with Gasteiger partial charge in [0.1, 0.15) is 0 Å². The third-order valence-electron chi connectivity index (χ3n) is 2.86. The lowest BCUT2D eigenvalue weighted by Gasteiger charge is -2.21. The van der Waals surface area contributed by atoms with Gasteiger partial charge in [0.2, 0.25) is 0 Å². The molecule has 0 aliphatic carbocycles. The van der Waals surface area contributed by atoms with Gasteiger partial charge in [-0.15, -0.1) is 0 Å². The smallest absolute Gasteiger partial charge is 0.0561 e. The van der Waals surface area contributed by atoms with Gasteiger partial charge in [-0.3, -0.25) is 0 Å². The van der Waals surface area contributed by atoms with E-state index in [2.05, 4.69) is 19.9 Å². The third-order valence-corrected chi connectivity index (χ3v) is 8.18. The molecule has 1 saturated heterocycles. The molecule has 0 nitrogen and oxygen atoms in total. The molecule has 1 radical (unpaired) electrons. The van der Waals surface area contributed by atoms with E-state index < -0.39 is 8.07 Å². The van der Waals surface area contributed by atoms with E-state index in [4.69, 9.17) is 0 Å². The predicted molar refractivity (Wildman–Crippen MR) is 45.1 cm³/mol. The Morgan fingerprint density at radius 2 is 2.00 bits per heavy atom. The fourth-order valence-corrected chi connectivity index (χ4v) is 5.57. The Labute approximate surface area is 59.7 Å². The molecule has 1 aliphatic rings. The molecule has 1 fully saturated rings. The Morgan fingerprint density at radius 1 is 1.33 bits per heavy atom. The van der Waals surface area contributed by atoms with Crippen molar-refractivity contribution in [3.8, 4) is 0 Å². The first-order valence-electron chi connectivity index (χ1n) is 4.17. The van der Waals surface area contributed by atoms with Gasteiger partial charge in [0.05, 0.1) is 8.07 Å². The monoisotopic (exact) mass is 141 g/mol. The van der Waals surface area contributed by atoms with Crippen molar-refractivity contribution < 1.29 is 0 Å². The molecule has 0 N–H and O–H groups in total. The van der Waals surface area contributed by atoms with E-state index in [9.17, 15) is 0 Å². The molecule has 0 amide bonds. The van der Waals surface area contributed by atoms with Crippen molar-refractivity contribution in [3.05, 3.63) is 6.04 Å². The molecule has 53 valence electrons. The van der Waals surface area contributed by atoms with Crippen LogP contribution in [0.5, 0.6) is 0 Å². The fourth-order valence-electron chi connectivity index (χ4n) is 1.86. The van der Waals surface area contributed by atoms with Crippen LogP contribution in [0.25, 0.3) is 0 Å². The normalized spacial score (nSPS) is 24.7. The molecule has 1 heterocycles. The predicted octanol–water partition coefficient (Wildman–Crippen LogP) is 3.01. The lowest BCUT2D eigenvalue weighted by atomic mass is 10.4. The summed E-state index contributed by atoms with van der Waals surface area (Å²) in [7, 11) is -0.705. The largest absolute Gasteiger partial charge is 0.0678 e. The van der Waals surface area contributed by atoms with Gasteiger partial charge in [-0.05, 0) is 6.04 Å². The Bertz CT molecular complexity index is 76.6. The highest BCUT2D eigenvalue weighted by Gasteiger charge is 2.31. The second-order valence-corrected chi connectivity index (χ2v) is 8.21. The summed E-state index contributed by atoms with van der Waals surface area (Å²) in [5.41, 5.74) is 0. The van der Waals surface area contributed by atoms with Crippen LogP contribution in [-0.2, 0) is 0 Å². The zero-order chi connectivity index (χ0) is 6.74. The first-order chi connectivity index (χ1) is 4.33. The molecule has 1 rings (SSSR count). The maximum atomic E-state index is 2.67. The Hall–Kier alpha value is 0.217. The van der Waals surface area contributed by atoms with Crippen LogP contribution >= 0.6 is 0 Å². The van der Waals surface area contributed by atoms with E-state index >= 15 is 0 Å². The van der Waals surface area contributed by atoms with E-state index in [1.807, 2.05) is 0 Å². The van der Waals surface area contributed by atoms with E-state index in [1.165, 1.54) is 24.9 Å². The molecule has 1 heteroatoms. The Kier molecular flexibility index (Phi) is 2.33. The summed E-state index contributed by atoms with van der Waals surface area (Å²) in [6.07, 6.45) is 2.92. The first kappa shape index (κ1) is 7.33. The number of hydrogen-bond donors (Lipinski definition) is 0. The average molecular weight is 141 g/mol. The molecule has 0 bridgehead atoms. The van der Waals surface area contributed by atoms with Crippen molar-refractivity contribution >= 4 is 8.07 Å². The van der Waals surface area contributed by atoms with Gasteiger partial charge in [-0.2, -0.15) is 0 Å². The van der Waals surface area contributed by atoms with Crippen molar-refractivity contribution in [3.63, 3.8) is 0 Å². The summed E-state index contributed by atoms with van der Waals surface area (Å²) in [5, 5.41) is 0. The summed E-state index contributed by atoms with van der Waals surface area (Å²) < 4.78 is 0. The maximum Gasteiger partial charge on any atom is 0.0561 e. The number of rotatable bonds is 2. The quantitative estimate of drug-likeness (QED) is 0.519. The minimum Gasteiger partial charge on any atom is -0.0678 e. The SMILES string of the molecule is CC[Si]1(CC)[CH]CCC1. The summed E-state index contributed by atoms with van der Waals surface area (Å²) in [4.78, 5) is 0.